The zero-order valence-corrected chi connectivity index (χ0v) is 12.5. The van der Waals surface area contributed by atoms with E-state index in [-0.39, 0.29) is 0 Å². The summed E-state index contributed by atoms with van der Waals surface area (Å²) in [5.41, 5.74) is 9.47. The van der Waals surface area contributed by atoms with Crippen LogP contribution in [0.15, 0.2) is 42.5 Å². The molecule has 112 valence electrons. The van der Waals surface area contributed by atoms with Crippen LogP contribution in [0.2, 0.25) is 0 Å². The molecule has 3 rings (SSSR count). The van der Waals surface area contributed by atoms with Crippen LogP contribution < -0.4 is 10.5 Å². The van der Waals surface area contributed by atoms with E-state index >= 15 is 0 Å². The van der Waals surface area contributed by atoms with Gasteiger partial charge in [0.15, 0.2) is 5.82 Å². The van der Waals surface area contributed by atoms with Crippen molar-refractivity contribution in [2.24, 2.45) is 0 Å². The van der Waals surface area contributed by atoms with Gasteiger partial charge < -0.3 is 10.5 Å². The van der Waals surface area contributed by atoms with Crippen molar-refractivity contribution in [2.75, 3.05) is 12.3 Å². The Bertz CT molecular complexity index is 779. The summed E-state index contributed by atoms with van der Waals surface area (Å²) in [5, 5.41) is 11.9. The maximum atomic E-state index is 5.97. The van der Waals surface area contributed by atoms with Crippen molar-refractivity contribution in [1.29, 1.82) is 0 Å². The summed E-state index contributed by atoms with van der Waals surface area (Å²) >= 11 is 0. The Labute approximate surface area is 128 Å². The molecule has 0 spiro atoms. The van der Waals surface area contributed by atoms with E-state index in [1.807, 2.05) is 56.3 Å². The van der Waals surface area contributed by atoms with Gasteiger partial charge in [-0.05, 0) is 60.2 Å². The molecule has 22 heavy (non-hydrogen) atoms. The highest BCUT2D eigenvalue weighted by molar-refractivity contribution is 5.64. The van der Waals surface area contributed by atoms with Gasteiger partial charge in [0.25, 0.3) is 0 Å². The van der Waals surface area contributed by atoms with Gasteiger partial charge in [0, 0.05) is 11.3 Å². The summed E-state index contributed by atoms with van der Waals surface area (Å²) in [5.74, 6) is 1.47. The maximum Gasteiger partial charge on any atom is 0.187 e. The van der Waals surface area contributed by atoms with Crippen LogP contribution in [0.4, 0.5) is 5.69 Å². The molecule has 0 unspecified atom stereocenters. The fourth-order valence-corrected chi connectivity index (χ4v) is 2.17. The average molecular weight is 295 g/mol. The van der Waals surface area contributed by atoms with Crippen molar-refractivity contribution < 1.29 is 4.74 Å². The first-order valence-electron chi connectivity index (χ1n) is 7.07. The number of nitrogens with zero attached hydrogens (tertiary/aromatic N) is 4. The summed E-state index contributed by atoms with van der Waals surface area (Å²) in [6.07, 6.45) is 0. The molecule has 2 aromatic carbocycles. The Hall–Kier alpha value is -2.89. The van der Waals surface area contributed by atoms with E-state index in [0.717, 1.165) is 28.3 Å². The van der Waals surface area contributed by atoms with Crippen LogP contribution in [0.1, 0.15) is 12.5 Å². The quantitative estimate of drug-likeness (QED) is 0.748. The van der Waals surface area contributed by atoms with E-state index < -0.39 is 0 Å². The third kappa shape index (κ3) is 2.63. The van der Waals surface area contributed by atoms with Crippen LogP contribution in [0.25, 0.3) is 17.1 Å². The molecule has 0 aliphatic heterocycles. The Balaban J connectivity index is 1.99. The third-order valence-electron chi connectivity index (χ3n) is 3.40. The molecule has 3 aromatic rings. The van der Waals surface area contributed by atoms with Gasteiger partial charge >= 0.3 is 0 Å². The van der Waals surface area contributed by atoms with E-state index in [1.54, 1.807) is 4.68 Å². The summed E-state index contributed by atoms with van der Waals surface area (Å²) in [4.78, 5) is 0. The van der Waals surface area contributed by atoms with Gasteiger partial charge in [-0.15, -0.1) is 5.10 Å². The van der Waals surface area contributed by atoms with Gasteiger partial charge in [-0.1, -0.05) is 12.1 Å². The Morgan fingerprint density at radius 1 is 1.14 bits per heavy atom. The van der Waals surface area contributed by atoms with E-state index in [4.69, 9.17) is 10.5 Å². The number of ether oxygens (including phenoxy) is 1. The first-order valence-corrected chi connectivity index (χ1v) is 7.07. The predicted molar refractivity (Wildman–Crippen MR) is 84.9 cm³/mol. The second-order valence-corrected chi connectivity index (χ2v) is 4.91. The van der Waals surface area contributed by atoms with E-state index in [2.05, 4.69) is 15.5 Å². The standard InChI is InChI=1S/C16H17N5O/c1-3-22-14-8-6-13(7-9-14)21-16(18-19-20-21)12-5-4-11(2)15(17)10-12/h4-10H,3,17H2,1-2H3. The van der Waals surface area contributed by atoms with Crippen LogP contribution in [-0.4, -0.2) is 26.8 Å². The number of hydrogen-bond acceptors (Lipinski definition) is 5. The molecule has 0 fully saturated rings. The van der Waals surface area contributed by atoms with Crippen LogP contribution in [-0.2, 0) is 0 Å². The normalized spacial score (nSPS) is 10.6. The van der Waals surface area contributed by atoms with E-state index in [9.17, 15) is 0 Å². The fraction of sp³-hybridized carbons (Fsp3) is 0.188. The molecule has 0 aliphatic carbocycles. The molecule has 2 N–H and O–H groups in total. The lowest BCUT2D eigenvalue weighted by Gasteiger charge is -2.08. The highest BCUT2D eigenvalue weighted by Crippen LogP contribution is 2.24. The summed E-state index contributed by atoms with van der Waals surface area (Å²) in [7, 11) is 0. The highest BCUT2D eigenvalue weighted by Gasteiger charge is 2.11. The van der Waals surface area contributed by atoms with Crippen molar-refractivity contribution in [1.82, 2.24) is 20.2 Å². The van der Waals surface area contributed by atoms with Gasteiger partial charge in [0.2, 0.25) is 0 Å². The molecular weight excluding hydrogens is 278 g/mol. The van der Waals surface area contributed by atoms with Crippen LogP contribution in [0.3, 0.4) is 0 Å². The zero-order valence-electron chi connectivity index (χ0n) is 12.5. The van der Waals surface area contributed by atoms with Crippen molar-refractivity contribution in [3.05, 3.63) is 48.0 Å². The van der Waals surface area contributed by atoms with Crippen LogP contribution in [0.5, 0.6) is 5.75 Å². The van der Waals surface area contributed by atoms with E-state index in [0.29, 0.717) is 12.4 Å². The summed E-state index contributed by atoms with van der Waals surface area (Å²) < 4.78 is 7.12. The third-order valence-corrected chi connectivity index (χ3v) is 3.40. The average Bonchev–Trinajstić information content (AvgIpc) is 3.01. The molecule has 0 amide bonds. The number of rotatable bonds is 4. The molecule has 0 radical (unpaired) electrons. The predicted octanol–water partition coefficient (Wildman–Crippen LogP) is 2.62. The number of hydrogen-bond donors (Lipinski definition) is 1. The first kappa shape index (κ1) is 14.1. The summed E-state index contributed by atoms with van der Waals surface area (Å²) in [6.45, 7) is 4.56. The maximum absolute atomic E-state index is 5.97. The molecule has 0 bridgehead atoms. The lowest BCUT2D eigenvalue weighted by atomic mass is 10.1. The topological polar surface area (TPSA) is 78.8 Å². The zero-order chi connectivity index (χ0) is 15.5. The van der Waals surface area contributed by atoms with Gasteiger partial charge in [0.05, 0.1) is 12.3 Å². The lowest BCUT2D eigenvalue weighted by Crippen LogP contribution is -2.01. The van der Waals surface area contributed by atoms with Crippen molar-refractivity contribution in [3.8, 4) is 22.8 Å². The van der Waals surface area contributed by atoms with Crippen LogP contribution >= 0.6 is 0 Å². The minimum absolute atomic E-state index is 0.637. The number of aryl methyl sites for hydroxylation is 1. The minimum atomic E-state index is 0.637. The number of anilines is 1. The van der Waals surface area contributed by atoms with Gasteiger partial charge in [0.1, 0.15) is 5.75 Å². The molecule has 0 atom stereocenters. The fourth-order valence-electron chi connectivity index (χ4n) is 2.17. The number of aromatic nitrogens is 4. The second-order valence-electron chi connectivity index (χ2n) is 4.91. The van der Waals surface area contributed by atoms with Crippen molar-refractivity contribution in [3.63, 3.8) is 0 Å². The lowest BCUT2D eigenvalue weighted by molar-refractivity contribution is 0.340. The summed E-state index contributed by atoms with van der Waals surface area (Å²) in [6, 6.07) is 13.4. The van der Waals surface area contributed by atoms with Crippen molar-refractivity contribution in [2.45, 2.75) is 13.8 Å². The van der Waals surface area contributed by atoms with Gasteiger partial charge in [-0.3, -0.25) is 0 Å². The smallest absolute Gasteiger partial charge is 0.187 e. The number of benzene rings is 2. The Morgan fingerprint density at radius 3 is 2.59 bits per heavy atom. The van der Waals surface area contributed by atoms with E-state index in [1.165, 1.54) is 0 Å². The molecule has 1 heterocycles. The van der Waals surface area contributed by atoms with Gasteiger partial charge in [-0.2, -0.15) is 4.68 Å². The van der Waals surface area contributed by atoms with Gasteiger partial charge in [-0.25, -0.2) is 0 Å². The monoisotopic (exact) mass is 295 g/mol. The Kier molecular flexibility index (Phi) is 3.74. The molecule has 1 aromatic heterocycles. The van der Waals surface area contributed by atoms with Crippen LogP contribution in [0, 0.1) is 6.92 Å². The molecule has 0 saturated heterocycles. The SMILES string of the molecule is CCOc1ccc(-n2nnnc2-c2ccc(C)c(N)c2)cc1. The number of tetrazole rings is 1. The minimum Gasteiger partial charge on any atom is -0.494 e. The highest BCUT2D eigenvalue weighted by atomic mass is 16.5. The Morgan fingerprint density at radius 2 is 1.91 bits per heavy atom. The van der Waals surface area contributed by atoms with Crippen molar-refractivity contribution >= 4 is 5.69 Å². The second kappa shape index (κ2) is 5.85. The molecule has 0 saturated carbocycles. The molecular formula is C16H17N5O. The number of nitrogens with two attached hydrogens (primary N) is 1. The molecule has 6 heteroatoms. The number of nitrogen functional groups attached to an aromatic ring is 1. The first-order chi connectivity index (χ1) is 10.7. The molecule has 0 aliphatic rings. The largest absolute Gasteiger partial charge is 0.494 e. The molecule has 6 nitrogen and oxygen atoms in total.